The van der Waals surface area contributed by atoms with E-state index in [4.69, 9.17) is 0 Å². The maximum atomic E-state index is 2.52. The van der Waals surface area contributed by atoms with E-state index in [9.17, 15) is 0 Å². The van der Waals surface area contributed by atoms with Crippen LogP contribution in [0.4, 0.5) is 0 Å². The van der Waals surface area contributed by atoms with Crippen LogP contribution in [-0.4, -0.2) is 55.7 Å². The van der Waals surface area contributed by atoms with Crippen molar-refractivity contribution in [2.75, 3.05) is 34.2 Å². The minimum atomic E-state index is 0.738. The van der Waals surface area contributed by atoms with Crippen LogP contribution >= 0.6 is 0 Å². The molecule has 1 saturated heterocycles. The molecule has 3 heteroatoms. The summed E-state index contributed by atoms with van der Waals surface area (Å²) in [6.07, 6.45) is 1.25. The topological polar surface area (TPSA) is 10.7 Å². The quantitative estimate of drug-likeness (QED) is 0.557. The van der Waals surface area contributed by atoms with Crippen LogP contribution in [-0.2, 0) is 0 Å². The van der Waals surface area contributed by atoms with Crippen molar-refractivity contribution in [3.63, 3.8) is 0 Å². The molecule has 0 aromatic rings. The van der Waals surface area contributed by atoms with Crippen LogP contribution < -0.4 is 4.90 Å². The first-order valence-electron chi connectivity index (χ1n) is 5.25. The predicted octanol–water partition coefficient (Wildman–Crippen LogP) is -0.757. The molecule has 1 aliphatic rings. The third kappa shape index (κ3) is 1.85. The molecule has 2 atom stereocenters. The highest BCUT2D eigenvalue weighted by atomic mass is 15.5. The monoisotopic (exact) mass is 185 g/mol. The van der Waals surface area contributed by atoms with Crippen LogP contribution in [0, 0.1) is 0 Å². The number of quaternary nitrogens is 1. The van der Waals surface area contributed by atoms with Crippen LogP contribution in [0.5, 0.6) is 0 Å². The molecule has 76 valence electrons. The summed E-state index contributed by atoms with van der Waals surface area (Å²) in [6.45, 7) is 6.89. The Morgan fingerprint density at radius 2 is 2.08 bits per heavy atom. The first kappa shape index (κ1) is 10.5. The molecule has 1 rings (SSSR count). The van der Waals surface area contributed by atoms with E-state index in [0.29, 0.717) is 0 Å². The summed E-state index contributed by atoms with van der Waals surface area (Å²) in [5, 5.41) is 0. The zero-order chi connectivity index (χ0) is 10.0. The molecule has 0 bridgehead atoms. The lowest BCUT2D eigenvalue weighted by atomic mass is 10.2. The van der Waals surface area contributed by atoms with Crippen molar-refractivity contribution in [3.05, 3.63) is 0 Å². The van der Waals surface area contributed by atoms with Gasteiger partial charge in [-0.15, -0.1) is 0 Å². The van der Waals surface area contributed by atoms with Gasteiger partial charge in [0.1, 0.15) is 6.54 Å². The first-order chi connectivity index (χ1) is 6.11. The minimum absolute atomic E-state index is 0.738. The van der Waals surface area contributed by atoms with Gasteiger partial charge >= 0.3 is 5.96 Å². The van der Waals surface area contributed by atoms with Gasteiger partial charge in [-0.3, -0.25) is 0 Å². The largest absolute Gasteiger partial charge is 0.444 e. The van der Waals surface area contributed by atoms with E-state index in [1.54, 1.807) is 4.90 Å². The van der Waals surface area contributed by atoms with Crippen molar-refractivity contribution in [3.8, 4) is 0 Å². The Hall–Kier alpha value is -0.570. The van der Waals surface area contributed by atoms with Crippen LogP contribution in [0.25, 0.3) is 0 Å². The van der Waals surface area contributed by atoms with E-state index < -0.39 is 0 Å². The van der Waals surface area contributed by atoms with Crippen molar-refractivity contribution in [2.45, 2.75) is 26.3 Å². The smallest absolute Gasteiger partial charge is 0.230 e. The molecule has 1 fully saturated rings. The van der Waals surface area contributed by atoms with Crippen LogP contribution in [0.15, 0.2) is 0 Å². The molecule has 0 spiro atoms. The summed E-state index contributed by atoms with van der Waals surface area (Å²) in [5.74, 6) is 1.44. The van der Waals surface area contributed by atoms with Gasteiger partial charge in [0, 0.05) is 0 Å². The SMILES string of the molecule is CCC1C[NH+](C)C(=[N+](C)C)N1CC. The Kier molecular flexibility index (Phi) is 3.31. The molecular weight excluding hydrogens is 162 g/mol. The highest BCUT2D eigenvalue weighted by molar-refractivity contribution is 5.67. The average Bonchev–Trinajstić information content (AvgIpc) is 2.41. The summed E-state index contributed by atoms with van der Waals surface area (Å²) in [5.41, 5.74) is 0. The average molecular weight is 185 g/mol. The second-order valence-electron chi connectivity index (χ2n) is 4.05. The van der Waals surface area contributed by atoms with Crippen molar-refractivity contribution in [2.24, 2.45) is 0 Å². The molecule has 0 aliphatic carbocycles. The molecule has 1 heterocycles. The molecule has 0 saturated carbocycles. The zero-order valence-electron chi connectivity index (χ0n) is 9.59. The van der Waals surface area contributed by atoms with E-state index in [1.807, 2.05) is 0 Å². The van der Waals surface area contributed by atoms with Crippen LogP contribution in [0.2, 0.25) is 0 Å². The summed E-state index contributed by atoms with van der Waals surface area (Å²) < 4.78 is 2.24. The van der Waals surface area contributed by atoms with E-state index in [1.165, 1.54) is 18.9 Å². The molecule has 0 amide bonds. The number of hydrogen-bond donors (Lipinski definition) is 1. The lowest BCUT2D eigenvalue weighted by molar-refractivity contribution is -0.803. The van der Waals surface area contributed by atoms with Gasteiger partial charge in [-0.2, -0.15) is 0 Å². The molecule has 0 radical (unpaired) electrons. The fraction of sp³-hybridized carbons (Fsp3) is 0.900. The van der Waals surface area contributed by atoms with E-state index in [2.05, 4.69) is 44.5 Å². The second kappa shape index (κ2) is 4.09. The molecule has 13 heavy (non-hydrogen) atoms. The first-order valence-corrected chi connectivity index (χ1v) is 5.25. The Morgan fingerprint density at radius 3 is 2.46 bits per heavy atom. The Balaban J connectivity index is 2.90. The summed E-state index contributed by atoms with van der Waals surface area (Å²) in [4.78, 5) is 4.06. The Bertz CT molecular complexity index is 206. The summed E-state index contributed by atoms with van der Waals surface area (Å²) >= 11 is 0. The summed E-state index contributed by atoms with van der Waals surface area (Å²) in [6, 6.07) is 0.738. The van der Waals surface area contributed by atoms with Gasteiger partial charge in [-0.25, -0.2) is 14.4 Å². The van der Waals surface area contributed by atoms with Crippen molar-refractivity contribution >= 4 is 5.96 Å². The standard InChI is InChI=1S/C10H22N3/c1-6-9-8-12(5)10(11(3)4)13(9)7-2/h9H,6-8H2,1-5H3/q+1/p+1. The maximum Gasteiger partial charge on any atom is 0.444 e. The Labute approximate surface area is 81.6 Å². The molecule has 3 nitrogen and oxygen atoms in total. The van der Waals surface area contributed by atoms with Gasteiger partial charge in [0.2, 0.25) is 0 Å². The van der Waals surface area contributed by atoms with Gasteiger partial charge in [-0.05, 0) is 13.3 Å². The number of rotatable bonds is 2. The summed E-state index contributed by atoms with van der Waals surface area (Å²) in [7, 11) is 6.53. The second-order valence-corrected chi connectivity index (χ2v) is 4.05. The minimum Gasteiger partial charge on any atom is -0.230 e. The highest BCUT2D eigenvalue weighted by Crippen LogP contribution is 2.05. The normalized spacial score (nSPS) is 28.4. The zero-order valence-corrected chi connectivity index (χ0v) is 9.59. The van der Waals surface area contributed by atoms with E-state index >= 15 is 0 Å². The van der Waals surface area contributed by atoms with Crippen molar-refractivity contribution in [1.82, 2.24) is 4.90 Å². The predicted molar refractivity (Wildman–Crippen MR) is 55.3 cm³/mol. The molecule has 1 N–H and O–H groups in total. The maximum absolute atomic E-state index is 2.52. The third-order valence-corrected chi connectivity index (χ3v) is 2.87. The van der Waals surface area contributed by atoms with E-state index in [-0.39, 0.29) is 0 Å². The number of hydrogen-bond acceptors (Lipinski definition) is 0. The molecular formula is C10H23N3+2. The third-order valence-electron chi connectivity index (χ3n) is 2.87. The number of likely N-dealkylation sites (N-methyl/N-ethyl adjacent to an activating group) is 2. The van der Waals surface area contributed by atoms with Crippen LogP contribution in [0.1, 0.15) is 20.3 Å². The molecule has 2 unspecified atom stereocenters. The fourth-order valence-electron chi connectivity index (χ4n) is 2.38. The molecule has 1 aliphatic heterocycles. The van der Waals surface area contributed by atoms with Gasteiger partial charge < -0.3 is 0 Å². The number of nitrogens with zero attached hydrogens (tertiary/aromatic N) is 2. The van der Waals surface area contributed by atoms with Crippen molar-refractivity contribution in [1.29, 1.82) is 0 Å². The van der Waals surface area contributed by atoms with Gasteiger partial charge in [0.15, 0.2) is 6.04 Å². The fourth-order valence-corrected chi connectivity index (χ4v) is 2.38. The molecule has 0 aromatic heterocycles. The molecule has 0 aromatic carbocycles. The lowest BCUT2D eigenvalue weighted by Crippen LogP contribution is -3.11. The van der Waals surface area contributed by atoms with Crippen LogP contribution in [0.3, 0.4) is 0 Å². The van der Waals surface area contributed by atoms with E-state index in [0.717, 1.165) is 12.6 Å². The van der Waals surface area contributed by atoms with Gasteiger partial charge in [0.25, 0.3) is 0 Å². The number of nitrogens with one attached hydrogen (secondary N) is 1. The lowest BCUT2D eigenvalue weighted by Gasteiger charge is -2.12. The van der Waals surface area contributed by atoms with Gasteiger partial charge in [-0.1, -0.05) is 6.92 Å². The number of guanidine groups is 1. The highest BCUT2D eigenvalue weighted by Gasteiger charge is 2.43. The van der Waals surface area contributed by atoms with Gasteiger partial charge in [0.05, 0.1) is 27.7 Å². The Morgan fingerprint density at radius 1 is 1.46 bits per heavy atom. The van der Waals surface area contributed by atoms with Crippen molar-refractivity contribution < 1.29 is 9.48 Å².